The number of nitrogen functional groups attached to an aromatic ring is 1. The van der Waals surface area contributed by atoms with Gasteiger partial charge in [-0.1, -0.05) is 18.2 Å². The van der Waals surface area contributed by atoms with Crippen molar-refractivity contribution >= 4 is 11.7 Å². The first-order valence-electron chi connectivity index (χ1n) is 4.12. The molecule has 1 rings (SSSR count). The molecule has 0 aliphatic carbocycles. The van der Waals surface area contributed by atoms with Crippen LogP contribution < -0.4 is 5.73 Å². The Morgan fingerprint density at radius 2 is 2.15 bits per heavy atom. The Morgan fingerprint density at radius 1 is 1.54 bits per heavy atom. The zero-order valence-corrected chi connectivity index (χ0v) is 7.74. The maximum Gasteiger partial charge on any atom is 0.310 e. The molecule has 13 heavy (non-hydrogen) atoms. The standard InChI is InChI=1S/C10H13NO2/c1-6-4-3-5-8(9(6)11)7(2)10(12)13/h3-5,7H,11H2,1-2H3,(H,12,13). The van der Waals surface area contributed by atoms with Gasteiger partial charge in [0.25, 0.3) is 0 Å². The minimum absolute atomic E-state index is 0.542. The molecule has 0 aliphatic heterocycles. The largest absolute Gasteiger partial charge is 0.481 e. The fourth-order valence-corrected chi connectivity index (χ4v) is 1.21. The summed E-state index contributed by atoms with van der Waals surface area (Å²) in [4.78, 5) is 10.7. The fourth-order valence-electron chi connectivity index (χ4n) is 1.21. The summed E-state index contributed by atoms with van der Waals surface area (Å²) < 4.78 is 0. The van der Waals surface area contributed by atoms with Crippen molar-refractivity contribution in [3.63, 3.8) is 0 Å². The second-order valence-electron chi connectivity index (χ2n) is 3.14. The van der Waals surface area contributed by atoms with Crippen molar-refractivity contribution in [3.05, 3.63) is 29.3 Å². The summed E-state index contributed by atoms with van der Waals surface area (Å²) in [5.41, 5.74) is 7.95. The zero-order chi connectivity index (χ0) is 10.0. The molecule has 0 spiro atoms. The second-order valence-corrected chi connectivity index (χ2v) is 3.14. The smallest absolute Gasteiger partial charge is 0.310 e. The SMILES string of the molecule is Cc1cccc(C(C)C(=O)O)c1N. The average molecular weight is 179 g/mol. The molecule has 3 nitrogen and oxygen atoms in total. The predicted octanol–water partition coefficient (Wildman–Crippen LogP) is 1.77. The van der Waals surface area contributed by atoms with E-state index in [1.165, 1.54) is 0 Å². The molecule has 0 saturated carbocycles. The number of aryl methyl sites for hydroxylation is 1. The van der Waals surface area contributed by atoms with Crippen LogP contribution in [0.5, 0.6) is 0 Å². The molecule has 0 bridgehead atoms. The van der Waals surface area contributed by atoms with Gasteiger partial charge in [-0.2, -0.15) is 0 Å². The highest BCUT2D eigenvalue weighted by Crippen LogP contribution is 2.24. The molecule has 1 aromatic rings. The number of carboxylic acid groups (broad SMARTS) is 1. The van der Waals surface area contributed by atoms with E-state index in [2.05, 4.69) is 0 Å². The first-order valence-corrected chi connectivity index (χ1v) is 4.12. The van der Waals surface area contributed by atoms with Crippen LogP contribution in [0.25, 0.3) is 0 Å². The number of hydrogen-bond donors (Lipinski definition) is 2. The van der Waals surface area contributed by atoms with Crippen molar-refractivity contribution in [2.45, 2.75) is 19.8 Å². The molecule has 3 heteroatoms. The van der Waals surface area contributed by atoms with Crippen molar-refractivity contribution < 1.29 is 9.90 Å². The van der Waals surface area contributed by atoms with Crippen LogP contribution in [-0.4, -0.2) is 11.1 Å². The Kier molecular flexibility index (Phi) is 2.56. The third-order valence-electron chi connectivity index (χ3n) is 2.19. The minimum Gasteiger partial charge on any atom is -0.481 e. The van der Waals surface area contributed by atoms with Crippen LogP contribution in [0.1, 0.15) is 24.0 Å². The summed E-state index contributed by atoms with van der Waals surface area (Å²) >= 11 is 0. The Bertz CT molecular complexity index is 334. The molecular weight excluding hydrogens is 166 g/mol. The van der Waals surface area contributed by atoms with Gasteiger partial charge < -0.3 is 10.8 Å². The van der Waals surface area contributed by atoms with Gasteiger partial charge in [-0.05, 0) is 25.0 Å². The van der Waals surface area contributed by atoms with E-state index in [0.29, 0.717) is 11.3 Å². The van der Waals surface area contributed by atoms with Crippen molar-refractivity contribution in [2.24, 2.45) is 0 Å². The second kappa shape index (κ2) is 3.47. The number of carbonyl (C=O) groups is 1. The van der Waals surface area contributed by atoms with E-state index in [0.717, 1.165) is 5.56 Å². The predicted molar refractivity (Wildman–Crippen MR) is 51.6 cm³/mol. The van der Waals surface area contributed by atoms with Gasteiger partial charge in [-0.3, -0.25) is 4.79 Å². The monoisotopic (exact) mass is 179 g/mol. The van der Waals surface area contributed by atoms with Crippen LogP contribution >= 0.6 is 0 Å². The van der Waals surface area contributed by atoms with Crippen LogP contribution in [0.3, 0.4) is 0 Å². The summed E-state index contributed by atoms with van der Waals surface area (Å²) in [6, 6.07) is 5.44. The molecule has 0 radical (unpaired) electrons. The van der Waals surface area contributed by atoms with E-state index < -0.39 is 11.9 Å². The Hall–Kier alpha value is -1.51. The first-order chi connectivity index (χ1) is 6.04. The molecule has 0 saturated heterocycles. The average Bonchev–Trinajstić information content (AvgIpc) is 2.08. The van der Waals surface area contributed by atoms with Gasteiger partial charge in [0, 0.05) is 5.69 Å². The first kappa shape index (κ1) is 9.58. The Morgan fingerprint density at radius 3 is 2.69 bits per heavy atom. The third kappa shape index (κ3) is 1.80. The van der Waals surface area contributed by atoms with E-state index in [1.54, 1.807) is 13.0 Å². The maximum atomic E-state index is 10.7. The van der Waals surface area contributed by atoms with E-state index in [4.69, 9.17) is 10.8 Å². The Balaban J connectivity index is 3.15. The van der Waals surface area contributed by atoms with Crippen molar-refractivity contribution in [3.8, 4) is 0 Å². The number of nitrogens with two attached hydrogens (primary N) is 1. The van der Waals surface area contributed by atoms with E-state index in [-0.39, 0.29) is 0 Å². The molecule has 0 heterocycles. The van der Waals surface area contributed by atoms with Gasteiger partial charge in [0.2, 0.25) is 0 Å². The van der Waals surface area contributed by atoms with Crippen LogP contribution in [0.2, 0.25) is 0 Å². The van der Waals surface area contributed by atoms with E-state index in [1.807, 2.05) is 19.1 Å². The van der Waals surface area contributed by atoms with E-state index in [9.17, 15) is 4.79 Å². The van der Waals surface area contributed by atoms with Crippen LogP contribution in [0.15, 0.2) is 18.2 Å². The molecule has 70 valence electrons. The highest BCUT2D eigenvalue weighted by molar-refractivity contribution is 5.78. The Labute approximate surface area is 77.2 Å². The minimum atomic E-state index is -0.850. The van der Waals surface area contributed by atoms with Gasteiger partial charge >= 0.3 is 5.97 Å². The van der Waals surface area contributed by atoms with Gasteiger partial charge in [-0.25, -0.2) is 0 Å². The number of aliphatic carboxylic acids is 1. The summed E-state index contributed by atoms with van der Waals surface area (Å²) in [7, 11) is 0. The van der Waals surface area contributed by atoms with Crippen molar-refractivity contribution in [1.29, 1.82) is 0 Å². The zero-order valence-electron chi connectivity index (χ0n) is 7.74. The highest BCUT2D eigenvalue weighted by atomic mass is 16.4. The maximum absolute atomic E-state index is 10.7. The summed E-state index contributed by atoms with van der Waals surface area (Å²) in [6.07, 6.45) is 0. The van der Waals surface area contributed by atoms with Crippen molar-refractivity contribution in [2.75, 3.05) is 5.73 Å². The lowest BCUT2D eigenvalue weighted by atomic mass is 9.97. The number of rotatable bonds is 2. The molecule has 1 aromatic carbocycles. The number of anilines is 1. The molecule has 0 fully saturated rings. The number of carboxylic acids is 1. The molecular formula is C10H13NO2. The third-order valence-corrected chi connectivity index (χ3v) is 2.19. The van der Waals surface area contributed by atoms with Gasteiger partial charge in [-0.15, -0.1) is 0 Å². The summed E-state index contributed by atoms with van der Waals surface area (Å²) in [6.45, 7) is 3.50. The number of para-hydroxylation sites is 1. The normalized spacial score (nSPS) is 12.5. The molecule has 0 amide bonds. The molecule has 1 unspecified atom stereocenters. The number of benzene rings is 1. The molecule has 0 aromatic heterocycles. The lowest BCUT2D eigenvalue weighted by molar-refractivity contribution is -0.138. The van der Waals surface area contributed by atoms with Crippen LogP contribution in [-0.2, 0) is 4.79 Å². The molecule has 3 N–H and O–H groups in total. The van der Waals surface area contributed by atoms with Crippen LogP contribution in [0.4, 0.5) is 5.69 Å². The van der Waals surface area contributed by atoms with Crippen molar-refractivity contribution in [1.82, 2.24) is 0 Å². The highest BCUT2D eigenvalue weighted by Gasteiger charge is 2.16. The van der Waals surface area contributed by atoms with Crippen LogP contribution in [0, 0.1) is 6.92 Å². The fraction of sp³-hybridized carbons (Fsp3) is 0.300. The topological polar surface area (TPSA) is 63.3 Å². The van der Waals surface area contributed by atoms with Gasteiger partial charge in [0.15, 0.2) is 0 Å². The summed E-state index contributed by atoms with van der Waals surface area (Å²) in [5.74, 6) is -1.39. The molecule has 1 atom stereocenters. The lowest BCUT2D eigenvalue weighted by Gasteiger charge is -2.11. The van der Waals surface area contributed by atoms with E-state index >= 15 is 0 Å². The van der Waals surface area contributed by atoms with Gasteiger partial charge in [0.1, 0.15) is 0 Å². The summed E-state index contributed by atoms with van der Waals surface area (Å²) in [5, 5.41) is 8.80. The number of hydrogen-bond acceptors (Lipinski definition) is 2. The van der Waals surface area contributed by atoms with Gasteiger partial charge in [0.05, 0.1) is 5.92 Å². The quantitative estimate of drug-likeness (QED) is 0.680. The molecule has 0 aliphatic rings. The lowest BCUT2D eigenvalue weighted by Crippen LogP contribution is -2.10.